The van der Waals surface area contributed by atoms with Crippen LogP contribution in [0.15, 0.2) is 24.3 Å². The first-order valence-electron chi connectivity index (χ1n) is 5.33. The van der Waals surface area contributed by atoms with E-state index in [-0.39, 0.29) is 6.10 Å². The summed E-state index contributed by atoms with van der Waals surface area (Å²) >= 11 is 0. The molecule has 1 aromatic carbocycles. The van der Waals surface area contributed by atoms with Gasteiger partial charge in [-0.1, -0.05) is 26.0 Å². The number of rotatable bonds is 4. The molecular formula is C13H20O. The highest BCUT2D eigenvalue weighted by Crippen LogP contribution is 2.17. The van der Waals surface area contributed by atoms with Crippen molar-refractivity contribution in [2.24, 2.45) is 5.92 Å². The van der Waals surface area contributed by atoms with E-state index in [1.54, 1.807) is 0 Å². The minimum Gasteiger partial charge on any atom is -0.491 e. The minimum atomic E-state index is 0.254. The second-order valence-electron chi connectivity index (χ2n) is 4.41. The molecular weight excluding hydrogens is 172 g/mol. The smallest absolute Gasteiger partial charge is 0.119 e. The monoisotopic (exact) mass is 192 g/mol. The fourth-order valence-electron chi connectivity index (χ4n) is 1.49. The van der Waals surface area contributed by atoms with Gasteiger partial charge in [0.2, 0.25) is 0 Å². The quantitative estimate of drug-likeness (QED) is 0.707. The van der Waals surface area contributed by atoms with Crippen molar-refractivity contribution in [2.45, 2.75) is 40.2 Å². The van der Waals surface area contributed by atoms with Crippen molar-refractivity contribution in [2.75, 3.05) is 0 Å². The van der Waals surface area contributed by atoms with Crippen molar-refractivity contribution in [3.05, 3.63) is 29.8 Å². The number of benzene rings is 1. The largest absolute Gasteiger partial charge is 0.491 e. The van der Waals surface area contributed by atoms with Crippen LogP contribution in [0.3, 0.4) is 0 Å². The SMILES string of the molecule is CC(C)Cc1cccc(OC(C)C)c1. The summed E-state index contributed by atoms with van der Waals surface area (Å²) < 4.78 is 5.64. The Hall–Kier alpha value is -0.980. The lowest BCUT2D eigenvalue weighted by Crippen LogP contribution is -2.05. The molecule has 0 aliphatic carbocycles. The van der Waals surface area contributed by atoms with Crippen LogP contribution in [0.5, 0.6) is 5.75 Å². The van der Waals surface area contributed by atoms with Gasteiger partial charge in [-0.3, -0.25) is 0 Å². The maximum Gasteiger partial charge on any atom is 0.119 e. The van der Waals surface area contributed by atoms with E-state index >= 15 is 0 Å². The van der Waals surface area contributed by atoms with Gasteiger partial charge in [-0.15, -0.1) is 0 Å². The fourth-order valence-corrected chi connectivity index (χ4v) is 1.49. The zero-order valence-electron chi connectivity index (χ0n) is 9.58. The van der Waals surface area contributed by atoms with E-state index in [0.717, 1.165) is 12.2 Å². The average molecular weight is 192 g/mol. The molecule has 0 N–H and O–H groups in total. The summed E-state index contributed by atoms with van der Waals surface area (Å²) in [4.78, 5) is 0. The van der Waals surface area contributed by atoms with Gasteiger partial charge in [0.05, 0.1) is 6.10 Å². The molecule has 0 heterocycles. The standard InChI is InChI=1S/C13H20O/c1-10(2)8-12-6-5-7-13(9-12)14-11(3)4/h5-7,9-11H,8H2,1-4H3. The van der Waals surface area contributed by atoms with E-state index in [0.29, 0.717) is 5.92 Å². The lowest BCUT2D eigenvalue weighted by molar-refractivity contribution is 0.242. The first-order chi connectivity index (χ1) is 6.58. The van der Waals surface area contributed by atoms with Gasteiger partial charge in [0.1, 0.15) is 5.75 Å². The van der Waals surface area contributed by atoms with Crippen LogP contribution in [0.25, 0.3) is 0 Å². The van der Waals surface area contributed by atoms with E-state index in [9.17, 15) is 0 Å². The summed E-state index contributed by atoms with van der Waals surface area (Å²) in [5.41, 5.74) is 1.36. The third kappa shape index (κ3) is 3.82. The zero-order valence-corrected chi connectivity index (χ0v) is 9.58. The molecule has 0 atom stereocenters. The van der Waals surface area contributed by atoms with Gasteiger partial charge >= 0.3 is 0 Å². The van der Waals surface area contributed by atoms with E-state index < -0.39 is 0 Å². The zero-order chi connectivity index (χ0) is 10.6. The molecule has 0 spiro atoms. The summed E-state index contributed by atoms with van der Waals surface area (Å²) in [6.45, 7) is 8.57. The summed E-state index contributed by atoms with van der Waals surface area (Å²) in [5, 5.41) is 0. The Morgan fingerprint density at radius 2 is 1.86 bits per heavy atom. The molecule has 1 aromatic rings. The van der Waals surface area contributed by atoms with Crippen LogP contribution in [0.1, 0.15) is 33.3 Å². The molecule has 0 saturated carbocycles. The van der Waals surface area contributed by atoms with Crippen molar-refractivity contribution in [3.63, 3.8) is 0 Å². The summed E-state index contributed by atoms with van der Waals surface area (Å²) in [6, 6.07) is 8.38. The van der Waals surface area contributed by atoms with E-state index in [1.807, 2.05) is 6.07 Å². The Labute approximate surface area is 87.1 Å². The molecule has 0 amide bonds. The molecule has 0 saturated heterocycles. The van der Waals surface area contributed by atoms with Gasteiger partial charge in [0.25, 0.3) is 0 Å². The van der Waals surface area contributed by atoms with Crippen molar-refractivity contribution in [3.8, 4) is 5.75 Å². The Morgan fingerprint density at radius 3 is 2.43 bits per heavy atom. The van der Waals surface area contributed by atoms with Gasteiger partial charge < -0.3 is 4.74 Å². The van der Waals surface area contributed by atoms with Gasteiger partial charge in [-0.2, -0.15) is 0 Å². The van der Waals surface area contributed by atoms with Gasteiger partial charge in [0, 0.05) is 0 Å². The molecule has 0 unspecified atom stereocenters. The molecule has 78 valence electrons. The van der Waals surface area contributed by atoms with Crippen molar-refractivity contribution in [1.82, 2.24) is 0 Å². The molecule has 0 aliphatic heterocycles. The highest BCUT2D eigenvalue weighted by atomic mass is 16.5. The molecule has 0 fully saturated rings. The van der Waals surface area contributed by atoms with Crippen LogP contribution in [-0.2, 0) is 6.42 Å². The normalized spacial score (nSPS) is 11.0. The van der Waals surface area contributed by atoms with Gasteiger partial charge in [-0.05, 0) is 43.9 Å². The molecule has 0 aromatic heterocycles. The Balaban J connectivity index is 2.68. The van der Waals surface area contributed by atoms with E-state index in [4.69, 9.17) is 4.74 Å². The highest BCUT2D eigenvalue weighted by molar-refractivity contribution is 5.28. The fraction of sp³-hybridized carbons (Fsp3) is 0.538. The lowest BCUT2D eigenvalue weighted by Gasteiger charge is -2.11. The first-order valence-corrected chi connectivity index (χ1v) is 5.33. The molecule has 1 heteroatoms. The number of hydrogen-bond acceptors (Lipinski definition) is 1. The summed E-state index contributed by atoms with van der Waals surface area (Å²) in [6.07, 6.45) is 1.37. The summed E-state index contributed by atoms with van der Waals surface area (Å²) in [7, 11) is 0. The van der Waals surface area contributed by atoms with Crippen molar-refractivity contribution in [1.29, 1.82) is 0 Å². The first kappa shape index (κ1) is 11.1. The van der Waals surface area contributed by atoms with Crippen LogP contribution in [0.4, 0.5) is 0 Å². The second-order valence-corrected chi connectivity index (χ2v) is 4.41. The number of ether oxygens (including phenoxy) is 1. The van der Waals surface area contributed by atoms with E-state index in [1.165, 1.54) is 5.56 Å². The molecule has 0 radical (unpaired) electrons. The molecule has 14 heavy (non-hydrogen) atoms. The van der Waals surface area contributed by atoms with Gasteiger partial charge in [0.15, 0.2) is 0 Å². The predicted molar refractivity (Wildman–Crippen MR) is 60.7 cm³/mol. The second kappa shape index (κ2) is 5.04. The third-order valence-corrected chi connectivity index (χ3v) is 1.91. The molecule has 0 aliphatic rings. The van der Waals surface area contributed by atoms with Crippen LogP contribution >= 0.6 is 0 Å². The van der Waals surface area contributed by atoms with E-state index in [2.05, 4.69) is 45.9 Å². The summed E-state index contributed by atoms with van der Waals surface area (Å²) in [5.74, 6) is 1.68. The van der Waals surface area contributed by atoms with Gasteiger partial charge in [-0.25, -0.2) is 0 Å². The Kier molecular flexibility index (Phi) is 3.99. The minimum absolute atomic E-state index is 0.254. The van der Waals surface area contributed by atoms with Crippen molar-refractivity contribution >= 4 is 0 Å². The van der Waals surface area contributed by atoms with Crippen molar-refractivity contribution < 1.29 is 4.74 Å². The average Bonchev–Trinajstić information content (AvgIpc) is 2.01. The topological polar surface area (TPSA) is 9.23 Å². The lowest BCUT2D eigenvalue weighted by atomic mass is 10.0. The van der Waals surface area contributed by atoms with Crippen LogP contribution in [0, 0.1) is 5.92 Å². The Morgan fingerprint density at radius 1 is 1.14 bits per heavy atom. The van der Waals surface area contributed by atoms with Crippen LogP contribution in [-0.4, -0.2) is 6.10 Å². The number of hydrogen-bond donors (Lipinski definition) is 0. The molecule has 1 nitrogen and oxygen atoms in total. The van der Waals surface area contributed by atoms with Crippen LogP contribution in [0.2, 0.25) is 0 Å². The molecule has 0 bridgehead atoms. The predicted octanol–water partition coefficient (Wildman–Crippen LogP) is 3.67. The maximum absolute atomic E-state index is 5.64. The Bertz CT molecular complexity index is 251. The molecule has 1 rings (SSSR count). The maximum atomic E-state index is 5.64. The van der Waals surface area contributed by atoms with Crippen LogP contribution < -0.4 is 4.74 Å². The highest BCUT2D eigenvalue weighted by Gasteiger charge is 2.01. The third-order valence-electron chi connectivity index (χ3n) is 1.91.